The molecule has 36 heavy (non-hydrogen) atoms. The molecule has 2 fully saturated rings. The van der Waals surface area contributed by atoms with Gasteiger partial charge in [0.15, 0.2) is 5.65 Å². The van der Waals surface area contributed by atoms with E-state index in [0.717, 1.165) is 88.2 Å². The average Bonchev–Trinajstić information content (AvgIpc) is 3.35. The second-order valence-corrected chi connectivity index (χ2v) is 9.86. The van der Waals surface area contributed by atoms with Gasteiger partial charge in [0.05, 0.1) is 30.1 Å². The highest BCUT2D eigenvalue weighted by Crippen LogP contribution is 2.34. The van der Waals surface area contributed by atoms with E-state index >= 15 is 0 Å². The number of morpholine rings is 1. The Hall–Kier alpha value is -3.04. The van der Waals surface area contributed by atoms with Crippen LogP contribution in [0.4, 0.5) is 5.69 Å². The molecule has 9 heteroatoms. The highest BCUT2D eigenvalue weighted by Gasteiger charge is 2.23. The Labute approximate surface area is 215 Å². The standard InChI is InChI=1S/C27H30ClN7O/c28-23-17-30-27-24(25(23)35-10-8-33(9-11-35)19-21-2-1-7-29-16-21)31-26(32-27)22-5-3-20(4-6-22)18-34-12-14-36-15-13-34/h1-7,16-17H,8-15,18-19H2,(H,30,31,32). The molecule has 0 atom stereocenters. The molecule has 0 bridgehead atoms. The molecule has 1 N–H and O–H groups in total. The van der Waals surface area contributed by atoms with Crippen LogP contribution in [0.15, 0.2) is 55.0 Å². The maximum absolute atomic E-state index is 6.68. The van der Waals surface area contributed by atoms with Crippen molar-refractivity contribution in [3.05, 3.63) is 71.1 Å². The summed E-state index contributed by atoms with van der Waals surface area (Å²) in [4.78, 5) is 24.3. The van der Waals surface area contributed by atoms with E-state index in [0.29, 0.717) is 10.7 Å². The van der Waals surface area contributed by atoms with Crippen molar-refractivity contribution in [1.82, 2.24) is 29.7 Å². The van der Waals surface area contributed by atoms with Gasteiger partial charge in [0.2, 0.25) is 0 Å². The minimum Gasteiger partial charge on any atom is -0.379 e. The molecule has 5 heterocycles. The van der Waals surface area contributed by atoms with Gasteiger partial charge in [-0.3, -0.25) is 14.8 Å². The Bertz CT molecular complexity index is 1300. The third-order valence-corrected chi connectivity index (χ3v) is 7.28. The van der Waals surface area contributed by atoms with E-state index in [1.54, 1.807) is 6.20 Å². The SMILES string of the molecule is Clc1cnc2nc(-c3ccc(CN4CCOCC4)cc3)[nH]c2c1N1CCN(Cc2cccnc2)CC1. The number of aromatic nitrogens is 4. The molecule has 4 aromatic rings. The number of piperazine rings is 1. The maximum Gasteiger partial charge on any atom is 0.180 e. The Morgan fingerprint density at radius 3 is 2.36 bits per heavy atom. The molecule has 2 aliphatic rings. The Kier molecular flexibility index (Phi) is 6.83. The molecular formula is C27H30ClN7O. The van der Waals surface area contributed by atoms with Gasteiger partial charge in [-0.05, 0) is 17.2 Å². The van der Waals surface area contributed by atoms with Crippen LogP contribution < -0.4 is 4.90 Å². The fourth-order valence-electron chi connectivity index (χ4n) is 5.03. The highest BCUT2D eigenvalue weighted by atomic mass is 35.5. The first-order valence-electron chi connectivity index (χ1n) is 12.5. The van der Waals surface area contributed by atoms with E-state index in [1.165, 1.54) is 11.1 Å². The lowest BCUT2D eigenvalue weighted by atomic mass is 10.1. The lowest BCUT2D eigenvalue weighted by molar-refractivity contribution is 0.0342. The molecule has 0 radical (unpaired) electrons. The molecule has 8 nitrogen and oxygen atoms in total. The maximum atomic E-state index is 6.68. The zero-order valence-electron chi connectivity index (χ0n) is 20.2. The van der Waals surface area contributed by atoms with Crippen molar-refractivity contribution in [2.45, 2.75) is 13.1 Å². The van der Waals surface area contributed by atoms with Crippen molar-refractivity contribution >= 4 is 28.5 Å². The summed E-state index contributed by atoms with van der Waals surface area (Å²) in [6, 6.07) is 12.7. The van der Waals surface area contributed by atoms with Crippen LogP contribution >= 0.6 is 11.6 Å². The van der Waals surface area contributed by atoms with Crippen LogP contribution in [-0.4, -0.2) is 82.2 Å². The zero-order valence-corrected chi connectivity index (χ0v) is 21.0. The summed E-state index contributed by atoms with van der Waals surface area (Å²) in [6.45, 7) is 9.16. The Morgan fingerprint density at radius 2 is 1.61 bits per heavy atom. The number of hydrogen-bond donors (Lipinski definition) is 1. The van der Waals surface area contributed by atoms with Gasteiger partial charge in [0.25, 0.3) is 0 Å². The van der Waals surface area contributed by atoms with Crippen LogP contribution in [0.25, 0.3) is 22.6 Å². The third kappa shape index (κ3) is 5.08. The quantitative estimate of drug-likeness (QED) is 0.428. The minimum absolute atomic E-state index is 0.652. The Balaban J connectivity index is 1.18. The smallest absolute Gasteiger partial charge is 0.180 e. The number of aromatic amines is 1. The second-order valence-electron chi connectivity index (χ2n) is 9.45. The van der Waals surface area contributed by atoms with Crippen LogP contribution in [0, 0.1) is 0 Å². The van der Waals surface area contributed by atoms with Crippen molar-refractivity contribution in [2.24, 2.45) is 0 Å². The number of fused-ring (bicyclic) bond motifs is 1. The highest BCUT2D eigenvalue weighted by molar-refractivity contribution is 6.34. The van der Waals surface area contributed by atoms with Crippen LogP contribution in [0.3, 0.4) is 0 Å². The molecule has 0 unspecified atom stereocenters. The summed E-state index contributed by atoms with van der Waals surface area (Å²) in [7, 11) is 0. The summed E-state index contributed by atoms with van der Waals surface area (Å²) < 4.78 is 5.46. The van der Waals surface area contributed by atoms with Crippen molar-refractivity contribution in [3.63, 3.8) is 0 Å². The number of halogens is 1. The number of ether oxygens (including phenoxy) is 1. The summed E-state index contributed by atoms with van der Waals surface area (Å²) in [6.07, 6.45) is 5.48. The monoisotopic (exact) mass is 503 g/mol. The van der Waals surface area contributed by atoms with E-state index in [-0.39, 0.29) is 0 Å². The first-order valence-corrected chi connectivity index (χ1v) is 12.9. The van der Waals surface area contributed by atoms with Gasteiger partial charge in [0, 0.05) is 70.3 Å². The second kappa shape index (κ2) is 10.5. The summed E-state index contributed by atoms with van der Waals surface area (Å²) >= 11 is 6.68. The molecule has 186 valence electrons. The average molecular weight is 504 g/mol. The summed E-state index contributed by atoms with van der Waals surface area (Å²) in [5.74, 6) is 0.814. The predicted octanol–water partition coefficient (Wildman–Crippen LogP) is 3.83. The number of anilines is 1. The van der Waals surface area contributed by atoms with Crippen molar-refractivity contribution in [2.75, 3.05) is 57.4 Å². The number of pyridine rings is 2. The van der Waals surface area contributed by atoms with Gasteiger partial charge in [0.1, 0.15) is 11.3 Å². The Morgan fingerprint density at radius 1 is 0.861 bits per heavy atom. The number of H-pyrrole nitrogens is 1. The van der Waals surface area contributed by atoms with Gasteiger partial charge < -0.3 is 14.6 Å². The van der Waals surface area contributed by atoms with Crippen molar-refractivity contribution in [1.29, 1.82) is 0 Å². The molecular weight excluding hydrogens is 474 g/mol. The normalized spacial score (nSPS) is 17.6. The van der Waals surface area contributed by atoms with E-state index < -0.39 is 0 Å². The fourth-order valence-corrected chi connectivity index (χ4v) is 5.29. The number of hydrogen-bond acceptors (Lipinski definition) is 7. The molecule has 0 aliphatic carbocycles. The number of benzene rings is 1. The van der Waals surface area contributed by atoms with E-state index in [2.05, 4.69) is 60.0 Å². The molecule has 1 aromatic carbocycles. The number of nitrogens with zero attached hydrogens (tertiary/aromatic N) is 6. The van der Waals surface area contributed by atoms with Crippen molar-refractivity contribution in [3.8, 4) is 11.4 Å². The van der Waals surface area contributed by atoms with Gasteiger partial charge in [-0.2, -0.15) is 0 Å². The third-order valence-electron chi connectivity index (χ3n) is 7.00. The predicted molar refractivity (Wildman–Crippen MR) is 142 cm³/mol. The first kappa shape index (κ1) is 23.4. The molecule has 0 saturated carbocycles. The lowest BCUT2D eigenvalue weighted by Crippen LogP contribution is -2.46. The summed E-state index contributed by atoms with van der Waals surface area (Å²) in [5, 5.41) is 0.652. The number of imidazole rings is 1. The molecule has 6 rings (SSSR count). The van der Waals surface area contributed by atoms with Crippen LogP contribution in [0.1, 0.15) is 11.1 Å². The molecule has 0 amide bonds. The molecule has 0 spiro atoms. The van der Waals surface area contributed by atoms with E-state index in [9.17, 15) is 0 Å². The van der Waals surface area contributed by atoms with Crippen LogP contribution in [0.5, 0.6) is 0 Å². The van der Waals surface area contributed by atoms with Gasteiger partial charge in [-0.15, -0.1) is 0 Å². The van der Waals surface area contributed by atoms with Crippen LogP contribution in [-0.2, 0) is 17.8 Å². The molecule has 2 saturated heterocycles. The van der Waals surface area contributed by atoms with Gasteiger partial charge in [-0.1, -0.05) is 41.9 Å². The molecule has 2 aliphatic heterocycles. The zero-order chi connectivity index (χ0) is 24.3. The first-order chi connectivity index (χ1) is 17.7. The topological polar surface area (TPSA) is 73.4 Å². The number of nitrogens with one attached hydrogen (secondary N) is 1. The van der Waals surface area contributed by atoms with Gasteiger partial charge >= 0.3 is 0 Å². The van der Waals surface area contributed by atoms with E-state index in [1.807, 2.05) is 18.5 Å². The summed E-state index contributed by atoms with van der Waals surface area (Å²) in [5.41, 5.74) is 6.16. The largest absolute Gasteiger partial charge is 0.379 e. The van der Waals surface area contributed by atoms with E-state index in [4.69, 9.17) is 21.3 Å². The van der Waals surface area contributed by atoms with Gasteiger partial charge in [-0.25, -0.2) is 9.97 Å². The van der Waals surface area contributed by atoms with Crippen molar-refractivity contribution < 1.29 is 4.74 Å². The lowest BCUT2D eigenvalue weighted by Gasteiger charge is -2.36. The van der Waals surface area contributed by atoms with Crippen LogP contribution in [0.2, 0.25) is 5.02 Å². The number of rotatable bonds is 6. The minimum atomic E-state index is 0.652. The fraction of sp³-hybridized carbons (Fsp3) is 0.370. The molecule has 3 aromatic heterocycles.